The normalized spacial score (nSPS) is 11.2. The Morgan fingerprint density at radius 3 is 2.60 bits per heavy atom. The highest BCUT2D eigenvalue weighted by Gasteiger charge is 2.17. The molecule has 1 aromatic heterocycles. The van der Waals surface area contributed by atoms with E-state index in [0.717, 1.165) is 6.54 Å². The van der Waals surface area contributed by atoms with Crippen LogP contribution in [0.5, 0.6) is 0 Å². The van der Waals surface area contributed by atoms with Gasteiger partial charge in [-0.3, -0.25) is 0 Å². The Bertz CT molecular complexity index is 416. The number of aromatic nitrogens is 2. The van der Waals surface area contributed by atoms with Gasteiger partial charge in [0.15, 0.2) is 5.69 Å². The van der Waals surface area contributed by atoms with Gasteiger partial charge in [0.05, 0.1) is 19.5 Å². The van der Waals surface area contributed by atoms with E-state index in [1.54, 1.807) is 6.20 Å². The number of unbranched alkanes of at least 4 members (excludes halogenated alkanes) is 2. The molecule has 1 aromatic rings. The minimum Gasteiger partial charge on any atom is -0.464 e. The van der Waals surface area contributed by atoms with Gasteiger partial charge >= 0.3 is 5.97 Å². The third-order valence-corrected chi connectivity index (χ3v) is 3.25. The first-order valence-electron chi connectivity index (χ1n) is 7.13. The molecule has 1 heterocycles. The van der Waals surface area contributed by atoms with Crippen molar-refractivity contribution in [1.29, 1.82) is 0 Å². The molecule has 0 spiro atoms. The number of ether oxygens (including phenoxy) is 1. The number of hydrogen-bond donors (Lipinski definition) is 1. The minimum atomic E-state index is -0.469. The van der Waals surface area contributed by atoms with Gasteiger partial charge in [-0.1, -0.05) is 40.0 Å². The van der Waals surface area contributed by atoms with Gasteiger partial charge in [0.1, 0.15) is 5.82 Å². The van der Waals surface area contributed by atoms with E-state index in [0.29, 0.717) is 5.82 Å². The maximum atomic E-state index is 11.2. The highest BCUT2D eigenvalue weighted by molar-refractivity contribution is 5.86. The molecule has 1 rings (SSSR count). The summed E-state index contributed by atoms with van der Waals surface area (Å²) in [5, 5.41) is 3.27. The largest absolute Gasteiger partial charge is 0.464 e. The van der Waals surface area contributed by atoms with Crippen molar-refractivity contribution < 1.29 is 9.53 Å². The molecule has 0 amide bonds. The molecule has 0 saturated carbocycles. The van der Waals surface area contributed by atoms with Gasteiger partial charge < -0.3 is 10.1 Å². The van der Waals surface area contributed by atoms with Crippen molar-refractivity contribution in [3.05, 3.63) is 18.1 Å². The third kappa shape index (κ3) is 5.55. The molecule has 0 aliphatic rings. The summed E-state index contributed by atoms with van der Waals surface area (Å²) in [7, 11) is 1.33. The summed E-state index contributed by atoms with van der Waals surface area (Å²) in [6.07, 6.45) is 7.94. The summed E-state index contributed by atoms with van der Waals surface area (Å²) in [4.78, 5) is 19.4. The number of nitrogens with zero attached hydrogens (tertiary/aromatic N) is 2. The van der Waals surface area contributed by atoms with Gasteiger partial charge in [-0.2, -0.15) is 0 Å². The van der Waals surface area contributed by atoms with Crippen LogP contribution in [-0.2, 0) is 4.74 Å². The second-order valence-electron chi connectivity index (χ2n) is 5.75. The molecule has 20 heavy (non-hydrogen) atoms. The lowest BCUT2D eigenvalue weighted by atomic mass is 9.87. The van der Waals surface area contributed by atoms with E-state index in [-0.39, 0.29) is 11.1 Å². The van der Waals surface area contributed by atoms with Crippen molar-refractivity contribution >= 4 is 11.8 Å². The molecule has 112 valence electrons. The average molecular weight is 279 g/mol. The number of carbonyl (C=O) groups excluding carboxylic acids is 1. The molecule has 0 aromatic carbocycles. The highest BCUT2D eigenvalue weighted by Crippen LogP contribution is 2.23. The summed E-state index contributed by atoms with van der Waals surface area (Å²) >= 11 is 0. The van der Waals surface area contributed by atoms with Gasteiger partial charge in [-0.25, -0.2) is 14.8 Å². The SMILES string of the molecule is CCCCCC(C)(C)CNc1cnc(C(=O)OC)cn1. The van der Waals surface area contributed by atoms with Crippen molar-refractivity contribution in [1.82, 2.24) is 9.97 Å². The third-order valence-electron chi connectivity index (χ3n) is 3.25. The Balaban J connectivity index is 2.46. The van der Waals surface area contributed by atoms with E-state index in [1.807, 2.05) is 0 Å². The van der Waals surface area contributed by atoms with Crippen LogP contribution < -0.4 is 5.32 Å². The summed E-state index contributed by atoms with van der Waals surface area (Å²) < 4.78 is 4.58. The fraction of sp³-hybridized carbons (Fsp3) is 0.667. The first-order valence-corrected chi connectivity index (χ1v) is 7.13. The van der Waals surface area contributed by atoms with Gasteiger partial charge in [-0.15, -0.1) is 0 Å². The van der Waals surface area contributed by atoms with Crippen LogP contribution in [0.25, 0.3) is 0 Å². The molecule has 0 bridgehead atoms. The molecule has 0 saturated heterocycles. The molecular weight excluding hydrogens is 254 g/mol. The van der Waals surface area contributed by atoms with Crippen molar-refractivity contribution in [2.75, 3.05) is 19.0 Å². The Kier molecular flexibility index (Phi) is 6.42. The minimum absolute atomic E-state index is 0.220. The Morgan fingerprint density at radius 2 is 2.05 bits per heavy atom. The molecule has 0 atom stereocenters. The average Bonchev–Trinajstić information content (AvgIpc) is 2.45. The zero-order chi connectivity index (χ0) is 15.0. The zero-order valence-corrected chi connectivity index (χ0v) is 12.9. The topological polar surface area (TPSA) is 64.1 Å². The van der Waals surface area contributed by atoms with Crippen LogP contribution in [0.15, 0.2) is 12.4 Å². The van der Waals surface area contributed by atoms with Crippen LogP contribution >= 0.6 is 0 Å². The van der Waals surface area contributed by atoms with Gasteiger partial charge in [0, 0.05) is 6.54 Å². The molecular formula is C15H25N3O2. The molecule has 0 aliphatic heterocycles. The van der Waals surface area contributed by atoms with Crippen molar-refractivity contribution in [2.45, 2.75) is 46.5 Å². The van der Waals surface area contributed by atoms with E-state index in [4.69, 9.17) is 0 Å². The highest BCUT2D eigenvalue weighted by atomic mass is 16.5. The predicted molar refractivity (Wildman–Crippen MR) is 79.8 cm³/mol. The van der Waals surface area contributed by atoms with E-state index in [1.165, 1.54) is 39.0 Å². The second-order valence-corrected chi connectivity index (χ2v) is 5.75. The molecule has 0 radical (unpaired) electrons. The summed E-state index contributed by atoms with van der Waals surface area (Å²) in [6, 6.07) is 0. The monoisotopic (exact) mass is 279 g/mol. The van der Waals surface area contributed by atoms with Crippen molar-refractivity contribution in [2.24, 2.45) is 5.41 Å². The van der Waals surface area contributed by atoms with Crippen molar-refractivity contribution in [3.63, 3.8) is 0 Å². The lowest BCUT2D eigenvalue weighted by Crippen LogP contribution is -2.23. The molecule has 5 nitrogen and oxygen atoms in total. The summed E-state index contributed by atoms with van der Waals surface area (Å²) in [5.41, 5.74) is 0.443. The summed E-state index contributed by atoms with van der Waals surface area (Å²) in [5.74, 6) is 0.213. The lowest BCUT2D eigenvalue weighted by Gasteiger charge is -2.25. The first-order chi connectivity index (χ1) is 9.48. The van der Waals surface area contributed by atoms with Crippen LogP contribution in [0.1, 0.15) is 56.9 Å². The van der Waals surface area contributed by atoms with E-state index >= 15 is 0 Å². The van der Waals surface area contributed by atoms with Crippen LogP contribution in [0.4, 0.5) is 5.82 Å². The molecule has 0 fully saturated rings. The van der Waals surface area contributed by atoms with Gasteiger partial charge in [0.25, 0.3) is 0 Å². The number of hydrogen-bond acceptors (Lipinski definition) is 5. The molecule has 5 heteroatoms. The smallest absolute Gasteiger partial charge is 0.358 e. The number of nitrogens with one attached hydrogen (secondary N) is 1. The lowest BCUT2D eigenvalue weighted by molar-refractivity contribution is 0.0593. The van der Waals surface area contributed by atoms with Gasteiger partial charge in [0.2, 0.25) is 0 Å². The van der Waals surface area contributed by atoms with E-state index < -0.39 is 5.97 Å². The quantitative estimate of drug-likeness (QED) is 0.584. The Morgan fingerprint density at radius 1 is 1.30 bits per heavy atom. The molecule has 1 N–H and O–H groups in total. The Labute approximate surface area is 121 Å². The number of rotatable bonds is 8. The first kappa shape index (κ1) is 16.4. The number of methoxy groups -OCH3 is 1. The van der Waals surface area contributed by atoms with Crippen LogP contribution in [0, 0.1) is 5.41 Å². The van der Waals surface area contributed by atoms with Crippen LogP contribution in [0.3, 0.4) is 0 Å². The number of esters is 1. The zero-order valence-electron chi connectivity index (χ0n) is 12.9. The number of carbonyl (C=O) groups is 1. The maximum absolute atomic E-state index is 11.2. The number of anilines is 1. The van der Waals surface area contributed by atoms with Crippen LogP contribution in [0.2, 0.25) is 0 Å². The van der Waals surface area contributed by atoms with Crippen LogP contribution in [-0.4, -0.2) is 29.6 Å². The fourth-order valence-electron chi connectivity index (χ4n) is 1.90. The van der Waals surface area contributed by atoms with E-state index in [2.05, 4.69) is 40.8 Å². The maximum Gasteiger partial charge on any atom is 0.358 e. The predicted octanol–water partition coefficient (Wildman–Crippen LogP) is 3.28. The molecule has 0 aliphatic carbocycles. The van der Waals surface area contributed by atoms with Gasteiger partial charge in [-0.05, 0) is 11.8 Å². The Hall–Kier alpha value is -1.65. The van der Waals surface area contributed by atoms with E-state index in [9.17, 15) is 4.79 Å². The standard InChI is InChI=1S/C15H25N3O2/c1-5-6-7-8-15(2,3)11-18-13-10-16-12(9-17-13)14(19)20-4/h9-10H,5-8,11H2,1-4H3,(H,17,18). The summed E-state index contributed by atoms with van der Waals surface area (Å²) in [6.45, 7) is 7.53. The second kappa shape index (κ2) is 7.82. The molecule has 0 unspecified atom stereocenters. The fourth-order valence-corrected chi connectivity index (χ4v) is 1.90. The van der Waals surface area contributed by atoms with Crippen molar-refractivity contribution in [3.8, 4) is 0 Å².